The van der Waals surface area contributed by atoms with E-state index in [1.54, 1.807) is 36.5 Å². The molecule has 0 bridgehead atoms. The minimum Gasteiger partial charge on any atom is -0.480 e. The minimum absolute atomic E-state index is 0.00198. The smallest absolute Gasteiger partial charge is 0.330 e. The fourth-order valence-electron chi connectivity index (χ4n) is 6.61. The fraction of sp³-hybridized carbons (Fsp3) is 0.395. The van der Waals surface area contributed by atoms with Crippen LogP contribution >= 0.6 is 0 Å². The van der Waals surface area contributed by atoms with Crippen molar-refractivity contribution in [1.82, 2.24) is 40.7 Å². The molecule has 0 aliphatic carbocycles. The number of aliphatic carboxylic acids is 1. The number of likely N-dealkylation sites (N-methyl/N-ethyl adjacent to an activating group) is 1. The molecule has 0 saturated carbocycles. The van der Waals surface area contributed by atoms with Crippen LogP contribution in [0.4, 0.5) is 4.79 Å². The van der Waals surface area contributed by atoms with E-state index < -0.39 is 89.6 Å². The number of hydrogen-bond acceptors (Lipinski definition) is 10. The van der Waals surface area contributed by atoms with E-state index in [9.17, 15) is 43.8 Å². The third-order valence-corrected chi connectivity index (χ3v) is 9.81. The van der Waals surface area contributed by atoms with Gasteiger partial charge in [-0.05, 0) is 31.0 Å². The van der Waals surface area contributed by atoms with Gasteiger partial charge in [-0.15, -0.1) is 0 Å². The Morgan fingerprint density at radius 3 is 2.32 bits per heavy atom. The molecule has 5 rings (SSSR count). The Labute approximate surface area is 326 Å². The lowest BCUT2D eigenvalue weighted by Gasteiger charge is -2.34. The average molecular weight is 790 g/mol. The van der Waals surface area contributed by atoms with Gasteiger partial charge in [0, 0.05) is 62.2 Å². The lowest BCUT2D eigenvalue weighted by Crippen LogP contribution is -2.63. The SMILES string of the molecule is C[C@H](N)C(=O)N(C)[C@@H](C)[C@H](NC(=O)[C@H](Cc1ccccc1)NC(=O)N[C@@H](Cc1c[nH]c2ccccc12)C(=O)O)C(=O)NC[C@H]1C[C@@H](O)[C@H](n2ccc(=O)[nH]c2=O)O1. The Kier molecular flexibility index (Phi) is 13.6. The van der Waals surface area contributed by atoms with Crippen LogP contribution in [0.15, 0.2) is 82.6 Å². The Balaban J connectivity index is 1.33. The van der Waals surface area contributed by atoms with Crippen LogP contribution in [0, 0.1) is 0 Å². The molecular formula is C38H47N9O10. The van der Waals surface area contributed by atoms with Crippen LogP contribution in [0.2, 0.25) is 0 Å². The second kappa shape index (κ2) is 18.5. The molecule has 3 heterocycles. The highest BCUT2D eigenvalue weighted by molar-refractivity contribution is 5.94. The molecule has 0 radical (unpaired) electrons. The number of aliphatic hydroxyl groups excluding tert-OH is 1. The number of nitrogens with zero attached hydrogens (tertiary/aromatic N) is 2. The molecule has 19 nitrogen and oxygen atoms in total. The van der Waals surface area contributed by atoms with Crippen LogP contribution < -0.4 is 38.2 Å². The van der Waals surface area contributed by atoms with Crippen LogP contribution in [0.25, 0.3) is 10.9 Å². The molecule has 57 heavy (non-hydrogen) atoms. The third-order valence-electron chi connectivity index (χ3n) is 9.81. The fourth-order valence-corrected chi connectivity index (χ4v) is 6.61. The molecule has 8 atom stereocenters. The number of aromatic amines is 2. The second-order valence-corrected chi connectivity index (χ2v) is 14.0. The van der Waals surface area contributed by atoms with E-state index in [1.165, 1.54) is 32.0 Å². The largest absolute Gasteiger partial charge is 0.480 e. The quantitative estimate of drug-likeness (QED) is 0.0669. The van der Waals surface area contributed by atoms with Crippen molar-refractivity contribution in [3.8, 4) is 0 Å². The number of amides is 5. The number of H-pyrrole nitrogens is 2. The van der Waals surface area contributed by atoms with E-state index in [0.717, 1.165) is 21.5 Å². The minimum atomic E-state index is -1.43. The van der Waals surface area contributed by atoms with Crippen molar-refractivity contribution < 1.29 is 38.9 Å². The Morgan fingerprint density at radius 1 is 0.947 bits per heavy atom. The Hall–Kier alpha value is -6.31. The first-order chi connectivity index (χ1) is 27.1. The molecule has 0 unspecified atom stereocenters. The van der Waals surface area contributed by atoms with Gasteiger partial charge in [-0.1, -0.05) is 48.5 Å². The van der Waals surface area contributed by atoms with E-state index in [4.69, 9.17) is 10.5 Å². The highest BCUT2D eigenvalue weighted by Crippen LogP contribution is 2.27. The maximum Gasteiger partial charge on any atom is 0.330 e. The van der Waals surface area contributed by atoms with Gasteiger partial charge in [0.2, 0.25) is 17.7 Å². The molecule has 0 spiro atoms. The van der Waals surface area contributed by atoms with E-state index in [0.29, 0.717) is 11.1 Å². The lowest BCUT2D eigenvalue weighted by molar-refractivity contribution is -0.139. The van der Waals surface area contributed by atoms with Crippen LogP contribution in [-0.4, -0.2) is 115 Å². The van der Waals surface area contributed by atoms with Crippen LogP contribution in [0.5, 0.6) is 0 Å². The number of nitrogens with one attached hydrogen (secondary N) is 6. The predicted molar refractivity (Wildman–Crippen MR) is 206 cm³/mol. The highest BCUT2D eigenvalue weighted by Gasteiger charge is 2.38. The number of carbonyl (C=O) groups excluding carboxylic acids is 4. The molecule has 2 aromatic heterocycles. The number of benzene rings is 2. The molecule has 1 fully saturated rings. The van der Waals surface area contributed by atoms with Gasteiger partial charge in [0.25, 0.3) is 5.56 Å². The number of aliphatic hydroxyl groups is 1. The van der Waals surface area contributed by atoms with Crippen molar-refractivity contribution in [3.63, 3.8) is 0 Å². The number of fused-ring (bicyclic) bond motifs is 1. The van der Waals surface area contributed by atoms with Gasteiger partial charge in [-0.3, -0.25) is 28.7 Å². The van der Waals surface area contributed by atoms with Crippen LogP contribution in [0.3, 0.4) is 0 Å². The van der Waals surface area contributed by atoms with E-state index in [-0.39, 0.29) is 25.8 Å². The summed E-state index contributed by atoms with van der Waals surface area (Å²) in [5.41, 5.74) is 6.51. The number of carboxylic acid groups (broad SMARTS) is 1. The summed E-state index contributed by atoms with van der Waals surface area (Å²) >= 11 is 0. The first kappa shape index (κ1) is 41.8. The molecule has 1 aliphatic rings. The zero-order valence-corrected chi connectivity index (χ0v) is 31.5. The molecule has 4 aromatic rings. The summed E-state index contributed by atoms with van der Waals surface area (Å²) in [4.78, 5) is 96.9. The maximum absolute atomic E-state index is 14.1. The number of rotatable bonds is 16. The zero-order chi connectivity index (χ0) is 41.4. The molecule has 1 aliphatic heterocycles. The molecule has 304 valence electrons. The summed E-state index contributed by atoms with van der Waals surface area (Å²) in [6.07, 6.45) is -0.396. The van der Waals surface area contributed by atoms with E-state index in [1.807, 2.05) is 24.3 Å². The molecular weight excluding hydrogens is 742 g/mol. The van der Waals surface area contributed by atoms with Gasteiger partial charge >= 0.3 is 17.7 Å². The van der Waals surface area contributed by atoms with E-state index >= 15 is 0 Å². The standard InChI is InChI=1S/C38H47N9O10/c1-20(39)34(52)46(3)21(2)31(33(51)41-19-24-17-29(48)35(57-24)47-14-13-30(49)44-38(47)56)45-32(50)27(15-22-9-5-4-6-10-22)42-37(55)43-28(36(53)54)16-23-18-40-26-12-8-7-11-25(23)26/h4-14,18,20-21,24,27-29,31,35,40,48H,15-17,19,39H2,1-3H3,(H,41,51)(H,45,50)(H,53,54)(H2,42,43,55)(H,44,49,56)/t20-,21-,24+,27-,28-,29+,31-,35+/m0/s1. The monoisotopic (exact) mass is 789 g/mol. The summed E-state index contributed by atoms with van der Waals surface area (Å²) in [6, 6.07) is 10.1. The lowest BCUT2D eigenvalue weighted by atomic mass is 10.0. The van der Waals surface area contributed by atoms with Gasteiger partial charge in [-0.2, -0.15) is 0 Å². The van der Waals surface area contributed by atoms with Gasteiger partial charge in [0.05, 0.1) is 18.2 Å². The molecule has 10 N–H and O–H groups in total. The number of hydrogen-bond donors (Lipinski definition) is 9. The van der Waals surface area contributed by atoms with Crippen LogP contribution in [-0.2, 0) is 36.8 Å². The predicted octanol–water partition coefficient (Wildman–Crippen LogP) is -0.932. The van der Waals surface area contributed by atoms with E-state index in [2.05, 4.69) is 31.2 Å². The van der Waals surface area contributed by atoms with Crippen molar-refractivity contribution in [2.45, 2.75) is 81.8 Å². The summed E-state index contributed by atoms with van der Waals surface area (Å²) < 4.78 is 6.85. The normalized spacial score (nSPS) is 19.1. The third kappa shape index (κ3) is 10.5. The Morgan fingerprint density at radius 2 is 1.63 bits per heavy atom. The summed E-state index contributed by atoms with van der Waals surface area (Å²) in [5.74, 6) is -3.41. The maximum atomic E-state index is 14.1. The van der Waals surface area contributed by atoms with Gasteiger partial charge in [-0.25, -0.2) is 14.4 Å². The Bertz CT molecular complexity index is 2190. The highest BCUT2D eigenvalue weighted by atomic mass is 16.5. The molecule has 2 aromatic carbocycles. The number of para-hydroxylation sites is 1. The number of carbonyl (C=O) groups is 5. The number of aromatic nitrogens is 3. The van der Waals surface area contributed by atoms with Crippen molar-refractivity contribution in [3.05, 3.63) is 105 Å². The summed E-state index contributed by atoms with van der Waals surface area (Å²) in [5, 5.41) is 31.8. The zero-order valence-electron chi connectivity index (χ0n) is 31.5. The van der Waals surface area contributed by atoms with Crippen molar-refractivity contribution in [1.29, 1.82) is 0 Å². The average Bonchev–Trinajstić information content (AvgIpc) is 3.77. The van der Waals surface area contributed by atoms with Gasteiger partial charge in [0.15, 0.2) is 6.23 Å². The summed E-state index contributed by atoms with van der Waals surface area (Å²) in [6.45, 7) is 2.80. The number of carboxylic acids is 1. The van der Waals surface area contributed by atoms with Crippen molar-refractivity contribution >= 4 is 40.6 Å². The van der Waals surface area contributed by atoms with Crippen LogP contribution in [0.1, 0.15) is 37.6 Å². The summed E-state index contributed by atoms with van der Waals surface area (Å²) in [7, 11) is 1.42. The number of ether oxygens (including phenoxy) is 1. The molecule has 1 saturated heterocycles. The number of urea groups is 1. The van der Waals surface area contributed by atoms with Crippen molar-refractivity contribution in [2.75, 3.05) is 13.6 Å². The first-order valence-electron chi connectivity index (χ1n) is 18.3. The topological polar surface area (TPSA) is 283 Å². The first-order valence-corrected chi connectivity index (χ1v) is 18.3. The number of nitrogens with two attached hydrogens (primary N) is 1. The second-order valence-electron chi connectivity index (χ2n) is 14.0. The van der Waals surface area contributed by atoms with Crippen molar-refractivity contribution in [2.24, 2.45) is 5.73 Å². The molecule has 19 heteroatoms. The van der Waals surface area contributed by atoms with Gasteiger partial charge in [0.1, 0.15) is 24.2 Å². The van der Waals surface area contributed by atoms with Gasteiger partial charge < -0.3 is 51.8 Å². The molecule has 5 amide bonds.